The summed E-state index contributed by atoms with van der Waals surface area (Å²) >= 11 is 0. The van der Waals surface area contributed by atoms with Crippen molar-refractivity contribution in [1.29, 1.82) is 0 Å². The van der Waals surface area contributed by atoms with Crippen molar-refractivity contribution in [2.45, 2.75) is 13.0 Å². The largest absolute Gasteiger partial charge is 0.320 e. The van der Waals surface area contributed by atoms with Crippen molar-refractivity contribution in [3.8, 4) is 0 Å². The quantitative estimate of drug-likeness (QED) is 0.869. The zero-order valence-corrected chi connectivity index (χ0v) is 9.75. The minimum absolute atomic E-state index is 0.0824. The molecular formula is C14H12F3N. The molecule has 0 saturated carbocycles. The summed E-state index contributed by atoms with van der Waals surface area (Å²) in [6, 6.07) is 6.89. The Morgan fingerprint density at radius 1 is 0.944 bits per heavy atom. The Morgan fingerprint density at radius 2 is 1.50 bits per heavy atom. The average molecular weight is 251 g/mol. The van der Waals surface area contributed by atoms with E-state index in [1.54, 1.807) is 19.1 Å². The number of rotatable bonds is 2. The third-order valence-corrected chi connectivity index (χ3v) is 2.87. The standard InChI is InChI=1S/C14H12F3N/c1-8-4-2-5-9(13(8)17)14(18)12-10(15)6-3-7-11(12)16/h2-7,14H,18H2,1H3. The molecule has 4 heteroatoms. The molecule has 0 amide bonds. The summed E-state index contributed by atoms with van der Waals surface area (Å²) in [7, 11) is 0. The van der Waals surface area contributed by atoms with Gasteiger partial charge < -0.3 is 5.73 Å². The zero-order chi connectivity index (χ0) is 13.3. The topological polar surface area (TPSA) is 26.0 Å². The van der Waals surface area contributed by atoms with Crippen LogP contribution in [0.25, 0.3) is 0 Å². The third kappa shape index (κ3) is 2.11. The highest BCUT2D eigenvalue weighted by Gasteiger charge is 2.21. The highest BCUT2D eigenvalue weighted by Crippen LogP contribution is 2.27. The first kappa shape index (κ1) is 12.6. The Kier molecular flexibility index (Phi) is 3.39. The van der Waals surface area contributed by atoms with Crippen LogP contribution in [0.5, 0.6) is 0 Å². The van der Waals surface area contributed by atoms with E-state index in [0.717, 1.165) is 12.1 Å². The van der Waals surface area contributed by atoms with Gasteiger partial charge in [0.25, 0.3) is 0 Å². The smallest absolute Gasteiger partial charge is 0.131 e. The first-order valence-corrected chi connectivity index (χ1v) is 5.47. The van der Waals surface area contributed by atoms with Crippen molar-refractivity contribution in [3.05, 3.63) is 70.5 Å². The van der Waals surface area contributed by atoms with Crippen molar-refractivity contribution < 1.29 is 13.2 Å². The van der Waals surface area contributed by atoms with Crippen LogP contribution < -0.4 is 5.73 Å². The highest BCUT2D eigenvalue weighted by atomic mass is 19.1. The van der Waals surface area contributed by atoms with E-state index in [4.69, 9.17) is 5.73 Å². The lowest BCUT2D eigenvalue weighted by molar-refractivity contribution is 0.531. The molecule has 0 aliphatic carbocycles. The summed E-state index contributed by atoms with van der Waals surface area (Å²) in [5, 5.41) is 0. The first-order valence-electron chi connectivity index (χ1n) is 5.47. The number of hydrogen-bond acceptors (Lipinski definition) is 1. The molecule has 1 nitrogen and oxygen atoms in total. The maximum absolute atomic E-state index is 13.9. The van der Waals surface area contributed by atoms with Crippen LogP contribution >= 0.6 is 0 Å². The fourth-order valence-corrected chi connectivity index (χ4v) is 1.87. The average Bonchev–Trinajstić information content (AvgIpc) is 2.32. The van der Waals surface area contributed by atoms with Gasteiger partial charge in [-0.25, -0.2) is 13.2 Å². The van der Waals surface area contributed by atoms with E-state index < -0.39 is 23.5 Å². The minimum Gasteiger partial charge on any atom is -0.320 e. The molecule has 18 heavy (non-hydrogen) atoms. The summed E-state index contributed by atoms with van der Waals surface area (Å²) in [6.07, 6.45) is 0. The molecule has 2 aromatic rings. The van der Waals surface area contributed by atoms with Gasteiger partial charge in [0.1, 0.15) is 17.5 Å². The molecule has 2 rings (SSSR count). The van der Waals surface area contributed by atoms with Gasteiger partial charge in [-0.1, -0.05) is 24.3 Å². The van der Waals surface area contributed by atoms with Gasteiger partial charge >= 0.3 is 0 Å². The lowest BCUT2D eigenvalue weighted by atomic mass is 9.96. The number of aryl methyl sites for hydroxylation is 1. The summed E-state index contributed by atoms with van der Waals surface area (Å²) in [5.74, 6) is -2.08. The van der Waals surface area contributed by atoms with Crippen LogP contribution in [0, 0.1) is 24.4 Å². The number of hydrogen-bond donors (Lipinski definition) is 1. The second-order valence-corrected chi connectivity index (χ2v) is 4.09. The van der Waals surface area contributed by atoms with E-state index >= 15 is 0 Å². The molecule has 0 bridgehead atoms. The Balaban J connectivity index is 2.55. The van der Waals surface area contributed by atoms with Gasteiger partial charge in [-0.05, 0) is 24.6 Å². The van der Waals surface area contributed by atoms with Gasteiger partial charge in [-0.3, -0.25) is 0 Å². The van der Waals surface area contributed by atoms with Crippen LogP contribution in [-0.4, -0.2) is 0 Å². The molecule has 94 valence electrons. The minimum atomic E-state index is -1.16. The molecule has 0 saturated heterocycles. The van der Waals surface area contributed by atoms with Crippen molar-refractivity contribution in [2.24, 2.45) is 5.73 Å². The maximum Gasteiger partial charge on any atom is 0.131 e. The molecule has 2 N–H and O–H groups in total. The summed E-state index contributed by atoms with van der Waals surface area (Å²) in [4.78, 5) is 0. The predicted molar refractivity (Wildman–Crippen MR) is 63.5 cm³/mol. The van der Waals surface area contributed by atoms with Gasteiger partial charge in [0.2, 0.25) is 0 Å². The van der Waals surface area contributed by atoms with Crippen molar-refractivity contribution in [2.75, 3.05) is 0 Å². The van der Waals surface area contributed by atoms with Crippen LogP contribution in [0.4, 0.5) is 13.2 Å². The Bertz CT molecular complexity index is 561. The third-order valence-electron chi connectivity index (χ3n) is 2.87. The van der Waals surface area contributed by atoms with Crippen LogP contribution in [-0.2, 0) is 0 Å². The molecule has 1 unspecified atom stereocenters. The molecular weight excluding hydrogens is 239 g/mol. The Hall–Kier alpha value is -1.81. The lowest BCUT2D eigenvalue weighted by Crippen LogP contribution is -2.17. The molecule has 0 spiro atoms. The monoisotopic (exact) mass is 251 g/mol. The van der Waals surface area contributed by atoms with E-state index in [-0.39, 0.29) is 11.1 Å². The normalized spacial score (nSPS) is 12.5. The fourth-order valence-electron chi connectivity index (χ4n) is 1.87. The van der Waals surface area contributed by atoms with Crippen LogP contribution in [0.3, 0.4) is 0 Å². The lowest BCUT2D eigenvalue weighted by Gasteiger charge is -2.16. The maximum atomic E-state index is 13.9. The number of halogens is 3. The molecule has 0 heterocycles. The Morgan fingerprint density at radius 3 is 2.11 bits per heavy atom. The summed E-state index contributed by atoms with van der Waals surface area (Å²) in [5.41, 5.74) is 5.92. The van der Waals surface area contributed by atoms with E-state index in [1.807, 2.05) is 0 Å². The van der Waals surface area contributed by atoms with E-state index in [2.05, 4.69) is 0 Å². The molecule has 0 radical (unpaired) electrons. The predicted octanol–water partition coefficient (Wildman–Crippen LogP) is 3.46. The molecule has 2 aromatic carbocycles. The van der Waals surface area contributed by atoms with Crippen molar-refractivity contribution >= 4 is 0 Å². The van der Waals surface area contributed by atoms with Crippen LogP contribution in [0.1, 0.15) is 22.7 Å². The molecule has 0 aliphatic heterocycles. The van der Waals surface area contributed by atoms with Gasteiger partial charge in [-0.2, -0.15) is 0 Å². The van der Waals surface area contributed by atoms with E-state index in [1.165, 1.54) is 12.1 Å². The summed E-state index contributed by atoms with van der Waals surface area (Å²) in [6.45, 7) is 1.57. The van der Waals surface area contributed by atoms with Gasteiger partial charge in [0.15, 0.2) is 0 Å². The first-order chi connectivity index (χ1) is 8.52. The van der Waals surface area contributed by atoms with Crippen molar-refractivity contribution in [1.82, 2.24) is 0 Å². The fraction of sp³-hybridized carbons (Fsp3) is 0.143. The SMILES string of the molecule is Cc1cccc(C(N)c2c(F)cccc2F)c1F. The van der Waals surface area contributed by atoms with Crippen LogP contribution in [0.15, 0.2) is 36.4 Å². The second-order valence-electron chi connectivity index (χ2n) is 4.09. The highest BCUT2D eigenvalue weighted by molar-refractivity contribution is 5.36. The van der Waals surface area contributed by atoms with Crippen molar-refractivity contribution in [3.63, 3.8) is 0 Å². The number of benzene rings is 2. The van der Waals surface area contributed by atoms with Gasteiger partial charge in [0.05, 0.1) is 6.04 Å². The molecule has 0 aromatic heterocycles. The van der Waals surface area contributed by atoms with Crippen LogP contribution in [0.2, 0.25) is 0 Å². The molecule has 1 atom stereocenters. The second kappa shape index (κ2) is 4.82. The zero-order valence-electron chi connectivity index (χ0n) is 9.75. The van der Waals surface area contributed by atoms with Gasteiger partial charge in [-0.15, -0.1) is 0 Å². The number of nitrogens with two attached hydrogens (primary N) is 1. The van der Waals surface area contributed by atoms with E-state index in [0.29, 0.717) is 5.56 Å². The Labute approximate surface area is 103 Å². The van der Waals surface area contributed by atoms with E-state index in [9.17, 15) is 13.2 Å². The van der Waals surface area contributed by atoms with Gasteiger partial charge in [0, 0.05) is 11.1 Å². The molecule has 0 aliphatic rings. The summed E-state index contributed by atoms with van der Waals surface area (Å²) < 4.78 is 41.0. The molecule has 0 fully saturated rings.